The van der Waals surface area contributed by atoms with Crippen LogP contribution in [0.1, 0.15) is 19.8 Å². The van der Waals surface area contributed by atoms with Crippen molar-refractivity contribution in [2.75, 3.05) is 30.8 Å². The number of hydrogen-bond donors (Lipinski definition) is 1. The molecule has 1 aliphatic rings. The van der Waals surface area contributed by atoms with Crippen molar-refractivity contribution in [1.29, 1.82) is 0 Å². The van der Waals surface area contributed by atoms with Gasteiger partial charge in [-0.2, -0.15) is 0 Å². The molecule has 0 unspecified atom stereocenters. The predicted octanol–water partition coefficient (Wildman–Crippen LogP) is 3.06. The summed E-state index contributed by atoms with van der Waals surface area (Å²) in [7, 11) is 0. The van der Waals surface area contributed by atoms with Crippen molar-refractivity contribution in [2.24, 2.45) is 5.92 Å². The van der Waals surface area contributed by atoms with E-state index in [4.69, 9.17) is 17.0 Å². The van der Waals surface area contributed by atoms with Crippen LogP contribution in [0.5, 0.6) is 0 Å². The highest BCUT2D eigenvalue weighted by molar-refractivity contribution is 8.23. The van der Waals surface area contributed by atoms with Crippen molar-refractivity contribution in [3.05, 3.63) is 30.1 Å². The molecular formula is C17H21FN2O3S2. The number of rotatable bonds is 5. The summed E-state index contributed by atoms with van der Waals surface area (Å²) < 4.78 is 18.4. The first kappa shape index (κ1) is 19.7. The molecule has 25 heavy (non-hydrogen) atoms. The quantitative estimate of drug-likeness (QED) is 0.622. The van der Waals surface area contributed by atoms with Gasteiger partial charge in [0.2, 0.25) is 0 Å². The number of ether oxygens (including phenoxy) is 1. The second-order valence-corrected chi connectivity index (χ2v) is 7.55. The minimum atomic E-state index is -0.494. The Bertz CT molecular complexity index is 617. The molecule has 1 N–H and O–H groups in total. The maximum atomic E-state index is 12.8. The highest BCUT2D eigenvalue weighted by Gasteiger charge is 2.19. The molecule has 1 aliphatic heterocycles. The molecular weight excluding hydrogens is 363 g/mol. The third-order valence-electron chi connectivity index (χ3n) is 3.85. The number of nitrogens with one attached hydrogen (secondary N) is 1. The zero-order valence-electron chi connectivity index (χ0n) is 14.0. The van der Waals surface area contributed by atoms with E-state index in [1.54, 1.807) is 0 Å². The minimum Gasteiger partial charge on any atom is -0.455 e. The van der Waals surface area contributed by atoms with Gasteiger partial charge in [-0.1, -0.05) is 30.9 Å². The Morgan fingerprint density at radius 2 is 1.96 bits per heavy atom. The van der Waals surface area contributed by atoms with Crippen LogP contribution in [0, 0.1) is 11.7 Å². The van der Waals surface area contributed by atoms with Crippen molar-refractivity contribution in [3.8, 4) is 0 Å². The van der Waals surface area contributed by atoms with E-state index in [1.807, 2.05) is 0 Å². The number of benzene rings is 1. The van der Waals surface area contributed by atoms with Gasteiger partial charge in [0.25, 0.3) is 5.91 Å². The zero-order chi connectivity index (χ0) is 18.2. The van der Waals surface area contributed by atoms with E-state index >= 15 is 0 Å². The summed E-state index contributed by atoms with van der Waals surface area (Å²) in [6.45, 7) is 3.68. The number of anilines is 1. The van der Waals surface area contributed by atoms with Crippen molar-refractivity contribution in [1.82, 2.24) is 4.90 Å². The lowest BCUT2D eigenvalue weighted by Gasteiger charge is -2.31. The number of hydrogen-bond acceptors (Lipinski definition) is 5. The summed E-state index contributed by atoms with van der Waals surface area (Å²) in [5.74, 6) is -0.562. The van der Waals surface area contributed by atoms with Crippen LogP contribution in [0.4, 0.5) is 10.1 Å². The summed E-state index contributed by atoms with van der Waals surface area (Å²) in [4.78, 5) is 25.5. The van der Waals surface area contributed by atoms with Crippen molar-refractivity contribution in [2.45, 2.75) is 19.8 Å². The van der Waals surface area contributed by atoms with Gasteiger partial charge in [-0.25, -0.2) is 4.39 Å². The number of carbonyl (C=O) groups excluding carboxylic acids is 2. The second-order valence-electron chi connectivity index (χ2n) is 5.94. The number of thioether (sulfide) groups is 1. The fourth-order valence-corrected chi connectivity index (χ4v) is 3.37. The predicted molar refractivity (Wildman–Crippen MR) is 101 cm³/mol. The Morgan fingerprint density at radius 3 is 2.60 bits per heavy atom. The lowest BCUT2D eigenvalue weighted by Crippen LogP contribution is -2.35. The molecule has 1 amide bonds. The molecule has 1 fully saturated rings. The first-order valence-electron chi connectivity index (χ1n) is 8.07. The van der Waals surface area contributed by atoms with Crippen LogP contribution in [0.2, 0.25) is 0 Å². The maximum absolute atomic E-state index is 12.8. The minimum absolute atomic E-state index is 0.0781. The molecule has 1 saturated heterocycles. The summed E-state index contributed by atoms with van der Waals surface area (Å²) in [5.41, 5.74) is 0.442. The average molecular weight is 384 g/mol. The number of carbonyl (C=O) groups is 2. The topological polar surface area (TPSA) is 58.6 Å². The largest absolute Gasteiger partial charge is 0.455 e. The highest BCUT2D eigenvalue weighted by atomic mass is 32.2. The molecule has 2 rings (SSSR count). The van der Waals surface area contributed by atoms with Gasteiger partial charge >= 0.3 is 5.97 Å². The number of esters is 1. The van der Waals surface area contributed by atoms with Crippen LogP contribution >= 0.6 is 24.0 Å². The van der Waals surface area contributed by atoms with Gasteiger partial charge in [-0.15, -0.1) is 0 Å². The molecule has 5 nitrogen and oxygen atoms in total. The Morgan fingerprint density at radius 1 is 1.32 bits per heavy atom. The van der Waals surface area contributed by atoms with Crippen LogP contribution in [0.25, 0.3) is 0 Å². The number of piperidine rings is 1. The smallest absolute Gasteiger partial charge is 0.316 e. The Balaban J connectivity index is 1.64. The number of thiocarbonyl (C=S) groups is 1. The van der Waals surface area contributed by atoms with Gasteiger partial charge in [-0.3, -0.25) is 9.59 Å². The summed E-state index contributed by atoms with van der Waals surface area (Å²) >= 11 is 6.59. The van der Waals surface area contributed by atoms with E-state index in [-0.39, 0.29) is 18.2 Å². The van der Waals surface area contributed by atoms with E-state index in [9.17, 15) is 14.0 Å². The Hall–Kier alpha value is -1.67. The molecule has 0 aromatic heterocycles. The van der Waals surface area contributed by atoms with Gasteiger partial charge in [0.1, 0.15) is 10.1 Å². The molecule has 1 heterocycles. The third kappa shape index (κ3) is 6.99. The fourth-order valence-electron chi connectivity index (χ4n) is 2.32. The van der Waals surface area contributed by atoms with Gasteiger partial charge in [0.15, 0.2) is 6.61 Å². The van der Waals surface area contributed by atoms with Crippen LogP contribution in [0.15, 0.2) is 24.3 Å². The van der Waals surface area contributed by atoms with E-state index in [0.717, 1.165) is 25.9 Å². The Kier molecular flexibility index (Phi) is 7.64. The molecule has 0 radical (unpaired) electrons. The molecule has 0 bridgehead atoms. The van der Waals surface area contributed by atoms with E-state index < -0.39 is 11.9 Å². The van der Waals surface area contributed by atoms with Gasteiger partial charge in [-0.05, 0) is 43.0 Å². The molecule has 0 spiro atoms. The monoisotopic (exact) mass is 384 g/mol. The molecule has 0 saturated carbocycles. The zero-order valence-corrected chi connectivity index (χ0v) is 15.6. The molecule has 0 atom stereocenters. The fraction of sp³-hybridized carbons (Fsp3) is 0.471. The van der Waals surface area contributed by atoms with E-state index in [0.29, 0.717) is 15.9 Å². The molecule has 1 aromatic rings. The highest BCUT2D eigenvalue weighted by Crippen LogP contribution is 2.20. The third-order valence-corrected chi connectivity index (χ3v) is 5.34. The van der Waals surface area contributed by atoms with Crippen molar-refractivity contribution >= 4 is 45.9 Å². The summed E-state index contributed by atoms with van der Waals surface area (Å²) in [5, 5.41) is 2.52. The first-order chi connectivity index (χ1) is 11.9. The lowest BCUT2D eigenvalue weighted by atomic mass is 10.00. The number of nitrogens with zero attached hydrogens (tertiary/aromatic N) is 1. The SMILES string of the molecule is CC1CCN(C(=S)SCC(=O)OCC(=O)Nc2ccc(F)cc2)CC1. The normalized spacial score (nSPS) is 14.9. The van der Waals surface area contributed by atoms with Crippen molar-refractivity contribution in [3.63, 3.8) is 0 Å². The summed E-state index contributed by atoms with van der Waals surface area (Å²) in [6, 6.07) is 5.34. The van der Waals surface area contributed by atoms with Gasteiger partial charge in [0.05, 0.1) is 5.75 Å². The van der Waals surface area contributed by atoms with E-state index in [1.165, 1.54) is 36.0 Å². The van der Waals surface area contributed by atoms with Crippen LogP contribution in [-0.2, 0) is 14.3 Å². The van der Waals surface area contributed by atoms with Crippen LogP contribution in [-0.4, -0.2) is 46.5 Å². The average Bonchev–Trinajstić information content (AvgIpc) is 2.60. The Labute approximate surface area is 156 Å². The maximum Gasteiger partial charge on any atom is 0.316 e. The van der Waals surface area contributed by atoms with Gasteiger partial charge < -0.3 is 15.0 Å². The van der Waals surface area contributed by atoms with E-state index in [2.05, 4.69) is 17.1 Å². The number of likely N-dealkylation sites (tertiary alicyclic amines) is 1. The van der Waals surface area contributed by atoms with Crippen LogP contribution in [0.3, 0.4) is 0 Å². The van der Waals surface area contributed by atoms with Crippen LogP contribution < -0.4 is 5.32 Å². The second kappa shape index (κ2) is 9.72. The molecule has 136 valence electrons. The number of halogens is 1. The first-order valence-corrected chi connectivity index (χ1v) is 9.46. The standard InChI is InChI=1S/C17H21FN2O3S2/c1-12-6-8-20(9-7-12)17(24)25-11-16(22)23-10-15(21)19-14-4-2-13(18)3-5-14/h2-5,12H,6-11H2,1H3,(H,19,21). The lowest BCUT2D eigenvalue weighted by molar-refractivity contribution is -0.144. The summed E-state index contributed by atoms with van der Waals surface area (Å²) in [6.07, 6.45) is 2.21. The van der Waals surface area contributed by atoms with Gasteiger partial charge in [0, 0.05) is 18.8 Å². The molecule has 8 heteroatoms. The molecule has 1 aromatic carbocycles. The van der Waals surface area contributed by atoms with Crippen molar-refractivity contribution < 1.29 is 18.7 Å². The molecule has 0 aliphatic carbocycles. The number of amides is 1.